The lowest BCUT2D eigenvalue weighted by Crippen LogP contribution is -2.30. The SMILES string of the molecule is CC(=O)O[C@@]12C[C@H]1[C@@H](COC(=O)c1ccccc1)OC2n1cnc2c(=O)[nH]ccc21. The zero-order valence-electron chi connectivity index (χ0n) is 16.1. The van der Waals surface area contributed by atoms with Crippen LogP contribution in [0.2, 0.25) is 0 Å². The van der Waals surface area contributed by atoms with Crippen molar-refractivity contribution in [3.63, 3.8) is 0 Å². The normalized spacial score (nSPS) is 26.9. The summed E-state index contributed by atoms with van der Waals surface area (Å²) in [5.74, 6) is -0.981. The molecule has 0 amide bonds. The molecule has 1 N–H and O–H groups in total. The summed E-state index contributed by atoms with van der Waals surface area (Å²) in [6.45, 7) is 1.38. The molecule has 0 bridgehead atoms. The number of hydrogen-bond donors (Lipinski definition) is 1. The minimum absolute atomic E-state index is 0.0329. The Morgan fingerprint density at radius 1 is 1.30 bits per heavy atom. The van der Waals surface area contributed by atoms with Gasteiger partial charge in [0.15, 0.2) is 17.3 Å². The van der Waals surface area contributed by atoms with Crippen molar-refractivity contribution >= 4 is 23.0 Å². The highest BCUT2D eigenvalue weighted by atomic mass is 16.6. The fourth-order valence-corrected chi connectivity index (χ4v) is 4.26. The number of pyridine rings is 1. The van der Waals surface area contributed by atoms with Crippen molar-refractivity contribution in [2.45, 2.75) is 31.3 Å². The van der Waals surface area contributed by atoms with Gasteiger partial charge in [0.1, 0.15) is 12.7 Å². The Balaban J connectivity index is 1.40. The molecule has 3 heterocycles. The molecule has 2 aromatic heterocycles. The molecular weight excluding hydrogens is 390 g/mol. The summed E-state index contributed by atoms with van der Waals surface area (Å²) in [6.07, 6.45) is 2.50. The van der Waals surface area contributed by atoms with Crippen LogP contribution in [0.1, 0.15) is 29.9 Å². The number of aromatic amines is 1. The van der Waals surface area contributed by atoms with E-state index in [1.807, 2.05) is 6.07 Å². The molecule has 2 aliphatic rings. The van der Waals surface area contributed by atoms with Crippen molar-refractivity contribution in [3.05, 3.63) is 64.8 Å². The Morgan fingerprint density at radius 3 is 2.87 bits per heavy atom. The molecule has 154 valence electrons. The summed E-state index contributed by atoms with van der Waals surface area (Å²) in [7, 11) is 0. The van der Waals surface area contributed by atoms with Gasteiger partial charge in [0.2, 0.25) is 0 Å². The van der Waals surface area contributed by atoms with Gasteiger partial charge in [0.25, 0.3) is 5.56 Å². The molecular formula is C21H19N3O6. The summed E-state index contributed by atoms with van der Waals surface area (Å²) in [5.41, 5.74) is 0.116. The molecule has 1 saturated heterocycles. The van der Waals surface area contributed by atoms with Crippen molar-refractivity contribution < 1.29 is 23.8 Å². The molecule has 30 heavy (non-hydrogen) atoms. The second-order valence-corrected chi connectivity index (χ2v) is 7.54. The number of carbonyl (C=O) groups is 2. The quantitative estimate of drug-likeness (QED) is 0.640. The molecule has 4 atom stereocenters. The van der Waals surface area contributed by atoms with Gasteiger partial charge < -0.3 is 19.2 Å². The predicted octanol–water partition coefficient (Wildman–Crippen LogP) is 1.80. The van der Waals surface area contributed by atoms with Crippen LogP contribution >= 0.6 is 0 Å². The van der Waals surface area contributed by atoms with E-state index >= 15 is 0 Å². The summed E-state index contributed by atoms with van der Waals surface area (Å²) >= 11 is 0. The molecule has 1 saturated carbocycles. The molecule has 2 fully saturated rings. The fraction of sp³-hybridized carbons (Fsp3) is 0.333. The number of nitrogens with zero attached hydrogens (tertiary/aromatic N) is 2. The highest BCUT2D eigenvalue weighted by molar-refractivity contribution is 5.89. The predicted molar refractivity (Wildman–Crippen MR) is 104 cm³/mol. The Labute approximate surface area is 170 Å². The standard InChI is InChI=1S/C21H19N3O6/c1-12(25)30-21-9-14(21)16(10-28-19(27)13-5-3-2-4-6-13)29-20(21)24-11-23-17-15(24)7-8-22-18(17)26/h2-8,11,14,16,20H,9-10H2,1H3,(H,22,26)/t14-,16+,20?,21-/m0/s1. The van der Waals surface area contributed by atoms with Gasteiger partial charge >= 0.3 is 11.9 Å². The Morgan fingerprint density at radius 2 is 2.10 bits per heavy atom. The molecule has 9 nitrogen and oxygen atoms in total. The van der Waals surface area contributed by atoms with E-state index in [0.717, 1.165) is 0 Å². The van der Waals surface area contributed by atoms with E-state index < -0.39 is 29.9 Å². The smallest absolute Gasteiger partial charge is 0.338 e. The molecule has 9 heteroatoms. The van der Waals surface area contributed by atoms with E-state index in [4.69, 9.17) is 14.2 Å². The summed E-state index contributed by atoms with van der Waals surface area (Å²) in [4.78, 5) is 42.8. The highest BCUT2D eigenvalue weighted by Gasteiger charge is 2.73. The minimum atomic E-state index is -0.869. The minimum Gasteiger partial charge on any atom is -0.459 e. The Hall–Kier alpha value is -3.46. The molecule has 3 aromatic rings. The number of aromatic nitrogens is 3. The fourth-order valence-electron chi connectivity index (χ4n) is 4.26. The number of fused-ring (bicyclic) bond motifs is 2. The number of imidazole rings is 1. The van der Waals surface area contributed by atoms with Gasteiger partial charge in [-0.05, 0) is 18.2 Å². The van der Waals surface area contributed by atoms with E-state index in [1.165, 1.54) is 19.4 Å². The van der Waals surface area contributed by atoms with E-state index in [1.54, 1.807) is 34.9 Å². The van der Waals surface area contributed by atoms with Crippen LogP contribution in [0.15, 0.2) is 53.7 Å². The van der Waals surface area contributed by atoms with Crippen molar-refractivity contribution in [1.29, 1.82) is 0 Å². The summed E-state index contributed by atoms with van der Waals surface area (Å²) < 4.78 is 19.0. The van der Waals surface area contributed by atoms with Gasteiger partial charge in [-0.25, -0.2) is 9.78 Å². The van der Waals surface area contributed by atoms with Gasteiger partial charge in [-0.2, -0.15) is 0 Å². The maximum atomic E-state index is 12.3. The van der Waals surface area contributed by atoms with Crippen molar-refractivity contribution in [2.24, 2.45) is 5.92 Å². The number of rotatable bonds is 5. The number of benzene rings is 1. The number of nitrogens with one attached hydrogen (secondary N) is 1. The maximum Gasteiger partial charge on any atom is 0.338 e. The second-order valence-electron chi connectivity index (χ2n) is 7.54. The summed E-state index contributed by atoms with van der Waals surface area (Å²) in [6, 6.07) is 10.4. The average Bonchev–Trinajstić information content (AvgIpc) is 3.14. The second kappa shape index (κ2) is 6.81. The van der Waals surface area contributed by atoms with E-state index in [-0.39, 0.29) is 23.6 Å². The van der Waals surface area contributed by atoms with Crippen LogP contribution in [-0.4, -0.2) is 44.8 Å². The zero-order valence-corrected chi connectivity index (χ0v) is 16.1. The highest BCUT2D eigenvalue weighted by Crippen LogP contribution is 2.63. The number of esters is 2. The van der Waals surface area contributed by atoms with Gasteiger partial charge in [-0.15, -0.1) is 0 Å². The van der Waals surface area contributed by atoms with Crippen molar-refractivity contribution in [2.75, 3.05) is 6.61 Å². The lowest BCUT2D eigenvalue weighted by atomic mass is 10.2. The third-order valence-electron chi connectivity index (χ3n) is 5.65. The van der Waals surface area contributed by atoms with Crippen LogP contribution in [0.25, 0.3) is 11.0 Å². The molecule has 1 aliphatic carbocycles. The Kier molecular flexibility index (Phi) is 4.21. The van der Waals surface area contributed by atoms with Crippen LogP contribution < -0.4 is 5.56 Å². The number of ether oxygens (including phenoxy) is 3. The van der Waals surface area contributed by atoms with Crippen LogP contribution in [0.3, 0.4) is 0 Å². The Bertz CT molecular complexity index is 1190. The first-order chi connectivity index (χ1) is 14.5. The lowest BCUT2D eigenvalue weighted by molar-refractivity contribution is -0.160. The molecule has 5 rings (SSSR count). The van der Waals surface area contributed by atoms with Crippen LogP contribution in [0.4, 0.5) is 0 Å². The third kappa shape index (κ3) is 2.89. The third-order valence-corrected chi connectivity index (χ3v) is 5.65. The maximum absolute atomic E-state index is 12.3. The van der Waals surface area contributed by atoms with Crippen LogP contribution in [-0.2, 0) is 19.0 Å². The van der Waals surface area contributed by atoms with Crippen molar-refractivity contribution in [1.82, 2.24) is 14.5 Å². The molecule has 1 aromatic carbocycles. The topological polar surface area (TPSA) is 113 Å². The van der Waals surface area contributed by atoms with E-state index in [9.17, 15) is 14.4 Å². The van der Waals surface area contributed by atoms with Crippen LogP contribution in [0.5, 0.6) is 0 Å². The van der Waals surface area contributed by atoms with Crippen LogP contribution in [0, 0.1) is 5.92 Å². The first-order valence-corrected chi connectivity index (χ1v) is 9.61. The molecule has 0 spiro atoms. The molecule has 1 unspecified atom stereocenters. The van der Waals surface area contributed by atoms with Gasteiger partial charge in [-0.1, -0.05) is 18.2 Å². The number of carbonyl (C=O) groups excluding carboxylic acids is 2. The number of H-pyrrole nitrogens is 1. The zero-order chi connectivity index (χ0) is 20.9. The largest absolute Gasteiger partial charge is 0.459 e. The number of hydrogen-bond acceptors (Lipinski definition) is 7. The average molecular weight is 409 g/mol. The van der Waals surface area contributed by atoms with E-state index in [0.29, 0.717) is 17.5 Å². The van der Waals surface area contributed by atoms with Crippen molar-refractivity contribution in [3.8, 4) is 0 Å². The lowest BCUT2D eigenvalue weighted by Gasteiger charge is -2.25. The first kappa shape index (κ1) is 18.6. The summed E-state index contributed by atoms with van der Waals surface area (Å²) in [5, 5.41) is 0. The van der Waals surface area contributed by atoms with Gasteiger partial charge in [0, 0.05) is 25.5 Å². The first-order valence-electron chi connectivity index (χ1n) is 9.61. The molecule has 0 radical (unpaired) electrons. The van der Waals surface area contributed by atoms with E-state index in [2.05, 4.69) is 9.97 Å². The van der Waals surface area contributed by atoms with Gasteiger partial charge in [-0.3, -0.25) is 14.2 Å². The van der Waals surface area contributed by atoms with Gasteiger partial charge in [0.05, 0.1) is 17.4 Å². The monoisotopic (exact) mass is 409 g/mol. The molecule has 1 aliphatic heterocycles.